The molecule has 0 aliphatic heterocycles. The quantitative estimate of drug-likeness (QED) is 0.318. The van der Waals surface area contributed by atoms with Crippen molar-refractivity contribution in [1.82, 2.24) is 24.1 Å². The number of nitrogens with zero attached hydrogens (tertiary/aromatic N) is 5. The van der Waals surface area contributed by atoms with Crippen LogP contribution in [0.15, 0.2) is 53.7 Å². The van der Waals surface area contributed by atoms with Crippen LogP contribution in [0.4, 0.5) is 4.39 Å². The van der Waals surface area contributed by atoms with Gasteiger partial charge in [0.25, 0.3) is 5.56 Å². The monoisotopic (exact) mass is 533 g/mol. The summed E-state index contributed by atoms with van der Waals surface area (Å²) >= 11 is 6.61. The van der Waals surface area contributed by atoms with Crippen molar-refractivity contribution in [3.8, 4) is 22.8 Å². The van der Waals surface area contributed by atoms with Gasteiger partial charge in [-0.3, -0.25) is 9.78 Å². The van der Waals surface area contributed by atoms with Crippen molar-refractivity contribution in [2.45, 2.75) is 44.8 Å². The molecule has 0 spiro atoms. The van der Waals surface area contributed by atoms with Gasteiger partial charge in [-0.15, -0.1) is 0 Å². The van der Waals surface area contributed by atoms with Crippen LogP contribution in [-0.2, 0) is 7.05 Å². The minimum Gasteiger partial charge on any atom is -0.439 e. The van der Waals surface area contributed by atoms with Crippen LogP contribution in [0.1, 0.15) is 37.5 Å². The third-order valence-corrected chi connectivity index (χ3v) is 7.53. The Morgan fingerprint density at radius 2 is 1.84 bits per heavy atom. The molecule has 1 saturated carbocycles. The van der Waals surface area contributed by atoms with Gasteiger partial charge in [-0.2, -0.15) is 0 Å². The first kappa shape index (κ1) is 24.5. The number of pyridine rings is 1. The number of aromatic nitrogens is 5. The number of fused-ring (bicyclic) bond motifs is 3. The lowest BCUT2D eigenvalue weighted by Gasteiger charge is -2.28. The summed E-state index contributed by atoms with van der Waals surface area (Å²) in [6.45, 7) is 1.97. The zero-order chi connectivity index (χ0) is 26.6. The molecular formula is C28H25ClFN5O3. The Balaban J connectivity index is 1.43. The van der Waals surface area contributed by atoms with E-state index < -0.39 is 5.82 Å². The van der Waals surface area contributed by atoms with Crippen molar-refractivity contribution < 1.29 is 14.2 Å². The van der Waals surface area contributed by atoms with Gasteiger partial charge < -0.3 is 19.0 Å². The molecule has 0 atom stereocenters. The van der Waals surface area contributed by atoms with Gasteiger partial charge in [0.05, 0.1) is 34.4 Å². The molecule has 6 rings (SSSR count). The van der Waals surface area contributed by atoms with Gasteiger partial charge in [-0.1, -0.05) is 11.6 Å². The van der Waals surface area contributed by atoms with E-state index in [1.807, 2.05) is 6.92 Å². The van der Waals surface area contributed by atoms with Crippen LogP contribution in [0.3, 0.4) is 0 Å². The molecule has 0 amide bonds. The van der Waals surface area contributed by atoms with Crippen LogP contribution in [-0.4, -0.2) is 35.3 Å². The molecule has 3 aromatic heterocycles. The Labute approximate surface area is 222 Å². The first-order valence-corrected chi connectivity index (χ1v) is 12.8. The van der Waals surface area contributed by atoms with Crippen LogP contribution in [0, 0.1) is 12.7 Å². The third kappa shape index (κ3) is 4.31. The zero-order valence-electron chi connectivity index (χ0n) is 20.9. The van der Waals surface area contributed by atoms with Gasteiger partial charge in [0.15, 0.2) is 0 Å². The molecule has 1 fully saturated rings. The van der Waals surface area contributed by atoms with Gasteiger partial charge in [-0.25, -0.2) is 14.4 Å². The fraction of sp³-hybridized carbons (Fsp3) is 0.286. The lowest BCUT2D eigenvalue weighted by atomic mass is 9.92. The van der Waals surface area contributed by atoms with E-state index in [2.05, 4.69) is 14.5 Å². The zero-order valence-corrected chi connectivity index (χ0v) is 21.6. The molecule has 194 valence electrons. The number of benzene rings is 2. The summed E-state index contributed by atoms with van der Waals surface area (Å²) in [5, 5.41) is 11.1. The second-order valence-corrected chi connectivity index (χ2v) is 10.2. The Bertz CT molecular complexity index is 1760. The first-order valence-electron chi connectivity index (χ1n) is 12.4. The third-order valence-electron chi connectivity index (χ3n) is 7.22. The highest BCUT2D eigenvalue weighted by Crippen LogP contribution is 2.39. The standard InChI is InChI=1S/C28H25ClFN5O3/c1-15-33-25-13-31-24-11-23(30)20(10-21(24)28(25)35(15)16-3-5-17(36)6-4-16)19-8-7-18(9-22(19)29)38-26-12-27(37)34(2)14-32-26/h7-14,16-17,36H,3-6H2,1-2H3. The highest BCUT2D eigenvalue weighted by atomic mass is 35.5. The van der Waals surface area contributed by atoms with Gasteiger partial charge in [0.2, 0.25) is 5.88 Å². The summed E-state index contributed by atoms with van der Waals surface area (Å²) in [5.74, 6) is 0.932. The molecule has 8 nitrogen and oxygen atoms in total. The van der Waals surface area contributed by atoms with Gasteiger partial charge >= 0.3 is 0 Å². The minimum absolute atomic E-state index is 0.140. The summed E-state index contributed by atoms with van der Waals surface area (Å²) in [5.41, 5.74) is 2.76. The topological polar surface area (TPSA) is 95.1 Å². The number of hydrogen-bond donors (Lipinski definition) is 1. The maximum Gasteiger partial charge on any atom is 0.256 e. The van der Waals surface area contributed by atoms with Crippen molar-refractivity contribution in [1.29, 1.82) is 0 Å². The fourth-order valence-corrected chi connectivity index (χ4v) is 5.56. The van der Waals surface area contributed by atoms with Crippen LogP contribution in [0.25, 0.3) is 33.1 Å². The van der Waals surface area contributed by atoms with Crippen LogP contribution in [0.5, 0.6) is 11.6 Å². The number of hydrogen-bond acceptors (Lipinski definition) is 6. The predicted octanol–water partition coefficient (Wildman–Crippen LogP) is 5.71. The van der Waals surface area contributed by atoms with E-state index in [-0.39, 0.29) is 28.6 Å². The summed E-state index contributed by atoms with van der Waals surface area (Å²) in [7, 11) is 1.60. The lowest BCUT2D eigenvalue weighted by molar-refractivity contribution is 0.111. The fourth-order valence-electron chi connectivity index (χ4n) is 5.28. The van der Waals surface area contributed by atoms with E-state index in [0.717, 1.165) is 47.9 Å². The first-order chi connectivity index (χ1) is 18.3. The molecule has 0 bridgehead atoms. The van der Waals surface area contributed by atoms with Crippen LogP contribution >= 0.6 is 11.6 Å². The number of rotatable bonds is 4. The van der Waals surface area contributed by atoms with Crippen LogP contribution < -0.4 is 10.3 Å². The SMILES string of the molecule is Cc1nc2cnc3cc(F)c(-c4ccc(Oc5cc(=O)n(C)cn5)cc4Cl)cc3c2n1C1CCC(O)CC1. The number of aryl methyl sites for hydroxylation is 2. The molecule has 1 aliphatic rings. The highest BCUT2D eigenvalue weighted by Gasteiger charge is 2.25. The van der Waals surface area contributed by atoms with Gasteiger partial charge in [0.1, 0.15) is 29.2 Å². The highest BCUT2D eigenvalue weighted by molar-refractivity contribution is 6.33. The number of ether oxygens (including phenoxy) is 1. The van der Waals surface area contributed by atoms with E-state index in [4.69, 9.17) is 21.3 Å². The largest absolute Gasteiger partial charge is 0.439 e. The summed E-state index contributed by atoms with van der Waals surface area (Å²) < 4.78 is 24.6. The molecule has 0 unspecified atom stereocenters. The maximum absolute atomic E-state index is 15.4. The minimum atomic E-state index is -0.447. The Morgan fingerprint density at radius 1 is 1.05 bits per heavy atom. The summed E-state index contributed by atoms with van der Waals surface area (Å²) in [6.07, 6.45) is 5.96. The molecule has 38 heavy (non-hydrogen) atoms. The van der Waals surface area contributed by atoms with Crippen molar-refractivity contribution in [2.24, 2.45) is 7.05 Å². The van der Waals surface area contributed by atoms with Crippen molar-refractivity contribution in [3.63, 3.8) is 0 Å². The molecule has 0 radical (unpaired) electrons. The molecule has 5 aromatic rings. The smallest absolute Gasteiger partial charge is 0.256 e. The Morgan fingerprint density at radius 3 is 2.58 bits per heavy atom. The van der Waals surface area contributed by atoms with Gasteiger partial charge in [0, 0.05) is 41.7 Å². The molecule has 3 heterocycles. The molecule has 10 heteroatoms. The van der Waals surface area contributed by atoms with E-state index in [0.29, 0.717) is 22.4 Å². The Kier molecular flexibility index (Phi) is 6.12. The molecule has 1 N–H and O–H groups in total. The lowest BCUT2D eigenvalue weighted by Crippen LogP contribution is -2.21. The van der Waals surface area contributed by atoms with Crippen molar-refractivity contribution in [3.05, 3.63) is 75.9 Å². The molecular weight excluding hydrogens is 509 g/mol. The molecule has 1 aliphatic carbocycles. The second kappa shape index (κ2) is 9.49. The van der Waals surface area contributed by atoms with Crippen molar-refractivity contribution in [2.75, 3.05) is 0 Å². The maximum atomic E-state index is 15.4. The molecule has 2 aromatic carbocycles. The predicted molar refractivity (Wildman–Crippen MR) is 143 cm³/mol. The number of imidazole rings is 1. The van der Waals surface area contributed by atoms with Gasteiger partial charge in [-0.05, 0) is 50.8 Å². The van der Waals surface area contributed by atoms with Crippen molar-refractivity contribution >= 4 is 33.5 Å². The normalized spacial score (nSPS) is 17.8. The Hall–Kier alpha value is -3.82. The number of aliphatic hydroxyl groups excluding tert-OH is 1. The van der Waals surface area contributed by atoms with E-state index in [9.17, 15) is 9.90 Å². The second-order valence-electron chi connectivity index (χ2n) is 9.75. The number of aliphatic hydroxyl groups is 1. The van der Waals surface area contributed by atoms with E-state index in [1.54, 1.807) is 37.5 Å². The average Bonchev–Trinajstić information content (AvgIpc) is 3.23. The van der Waals surface area contributed by atoms with Crippen LogP contribution in [0.2, 0.25) is 5.02 Å². The average molecular weight is 534 g/mol. The molecule has 0 saturated heterocycles. The van der Waals surface area contributed by atoms with E-state index >= 15 is 4.39 Å². The number of halogens is 2. The summed E-state index contributed by atoms with van der Waals surface area (Å²) in [6, 6.07) is 9.59. The summed E-state index contributed by atoms with van der Waals surface area (Å²) in [4.78, 5) is 25.2. The van der Waals surface area contributed by atoms with E-state index in [1.165, 1.54) is 23.0 Å².